The Morgan fingerprint density at radius 3 is 2.52 bits per heavy atom. The lowest BCUT2D eigenvalue weighted by Gasteiger charge is -2.14. The number of amidine groups is 1. The van der Waals surface area contributed by atoms with Gasteiger partial charge in [0.05, 0.1) is 23.3 Å². The summed E-state index contributed by atoms with van der Waals surface area (Å²) in [6, 6.07) is 21.3. The highest BCUT2D eigenvalue weighted by Crippen LogP contribution is 2.36. The van der Waals surface area contributed by atoms with Crippen molar-refractivity contribution in [1.29, 1.82) is 0 Å². The van der Waals surface area contributed by atoms with Gasteiger partial charge < -0.3 is 19.9 Å². The molecule has 7 nitrogen and oxygen atoms in total. The van der Waals surface area contributed by atoms with E-state index in [-0.39, 0.29) is 18.1 Å². The summed E-state index contributed by atoms with van der Waals surface area (Å²) in [5.41, 5.74) is 2.43. The number of carbonyl (C=O) groups excluding carboxylic acids is 1. The Labute approximate surface area is 194 Å². The van der Waals surface area contributed by atoms with Crippen molar-refractivity contribution < 1.29 is 24.2 Å². The van der Waals surface area contributed by atoms with Gasteiger partial charge in [-0.1, -0.05) is 42.5 Å². The Balaban J connectivity index is 1.56. The number of carboxylic acids is 1. The molecule has 0 atom stereocenters. The highest BCUT2D eigenvalue weighted by molar-refractivity contribution is 8.18. The molecule has 0 aliphatic carbocycles. The Hall–Kier alpha value is -4.04. The molecule has 0 bridgehead atoms. The van der Waals surface area contributed by atoms with Crippen LogP contribution in [0.4, 0.5) is 5.69 Å². The maximum absolute atomic E-state index is 12.5. The number of rotatable bonds is 7. The number of thioether (sulfide) groups is 1. The van der Waals surface area contributed by atoms with E-state index >= 15 is 0 Å². The average molecular weight is 461 g/mol. The zero-order valence-corrected chi connectivity index (χ0v) is 18.5. The molecule has 2 N–H and O–H groups in total. The number of aromatic carboxylic acids is 1. The van der Waals surface area contributed by atoms with Crippen LogP contribution < -0.4 is 14.8 Å². The zero-order chi connectivity index (χ0) is 23.2. The average Bonchev–Trinajstić information content (AvgIpc) is 3.17. The van der Waals surface area contributed by atoms with Gasteiger partial charge in [0, 0.05) is 5.56 Å². The standard InChI is InChI=1S/C25H20N2O5S/c1-31-20-9-5-6-18(22(20)32-15-16-10-12-17(13-11-16)24(29)30)14-21-23(28)27-25(33-21)26-19-7-3-2-4-8-19/h2-14H,15H2,1H3,(H,29,30)(H,26,27,28)/b21-14-. The largest absolute Gasteiger partial charge is 0.493 e. The number of para-hydroxylation sites is 2. The SMILES string of the molecule is COc1cccc(/C=C2\SC(=Nc3ccccc3)NC2=O)c1OCc1ccc(C(=O)O)cc1. The van der Waals surface area contributed by atoms with E-state index in [2.05, 4.69) is 10.3 Å². The van der Waals surface area contributed by atoms with Gasteiger partial charge in [0.1, 0.15) is 6.61 Å². The second-order valence-corrected chi connectivity index (χ2v) is 8.02. The fraction of sp³-hybridized carbons (Fsp3) is 0.0800. The van der Waals surface area contributed by atoms with Crippen LogP contribution in [0.15, 0.2) is 82.7 Å². The Morgan fingerprint density at radius 1 is 1.06 bits per heavy atom. The van der Waals surface area contributed by atoms with Crippen LogP contribution in [0.2, 0.25) is 0 Å². The van der Waals surface area contributed by atoms with E-state index < -0.39 is 5.97 Å². The normalized spacial score (nSPS) is 15.5. The van der Waals surface area contributed by atoms with E-state index in [1.54, 1.807) is 31.4 Å². The van der Waals surface area contributed by atoms with Crippen LogP contribution in [0.1, 0.15) is 21.5 Å². The van der Waals surface area contributed by atoms with Gasteiger partial charge >= 0.3 is 5.97 Å². The molecular weight excluding hydrogens is 440 g/mol. The number of benzene rings is 3. The summed E-state index contributed by atoms with van der Waals surface area (Å²) < 4.78 is 11.5. The molecule has 3 aromatic rings. The van der Waals surface area contributed by atoms with Crippen LogP contribution in [-0.2, 0) is 11.4 Å². The minimum atomic E-state index is -0.983. The highest BCUT2D eigenvalue weighted by atomic mass is 32.2. The summed E-state index contributed by atoms with van der Waals surface area (Å²) in [5, 5.41) is 12.3. The quantitative estimate of drug-likeness (QED) is 0.489. The van der Waals surface area contributed by atoms with Crippen LogP contribution in [0.3, 0.4) is 0 Å². The fourth-order valence-electron chi connectivity index (χ4n) is 3.10. The molecule has 166 valence electrons. The Bertz CT molecular complexity index is 1240. The van der Waals surface area contributed by atoms with Crippen molar-refractivity contribution in [1.82, 2.24) is 5.32 Å². The van der Waals surface area contributed by atoms with E-state index in [0.29, 0.717) is 27.1 Å². The van der Waals surface area contributed by atoms with Crippen molar-refractivity contribution >= 4 is 40.6 Å². The van der Waals surface area contributed by atoms with Gasteiger partial charge in [-0.25, -0.2) is 9.79 Å². The number of methoxy groups -OCH3 is 1. The predicted octanol–water partition coefficient (Wildman–Crippen LogP) is 4.86. The van der Waals surface area contributed by atoms with Crippen LogP contribution in [0, 0.1) is 0 Å². The molecule has 4 rings (SSSR count). The van der Waals surface area contributed by atoms with E-state index in [4.69, 9.17) is 14.6 Å². The van der Waals surface area contributed by atoms with E-state index in [0.717, 1.165) is 11.3 Å². The molecular formula is C25H20N2O5S. The minimum absolute atomic E-state index is 0.205. The topological polar surface area (TPSA) is 97.2 Å². The maximum atomic E-state index is 12.5. The first-order valence-corrected chi connectivity index (χ1v) is 10.8. The summed E-state index contributed by atoms with van der Waals surface area (Å²) in [6.07, 6.45) is 1.74. The van der Waals surface area contributed by atoms with Crippen molar-refractivity contribution in [2.75, 3.05) is 7.11 Å². The fourth-order valence-corrected chi connectivity index (χ4v) is 3.93. The van der Waals surface area contributed by atoms with Gasteiger partial charge in [-0.15, -0.1) is 0 Å². The summed E-state index contributed by atoms with van der Waals surface area (Å²) in [4.78, 5) is 28.5. The number of ether oxygens (including phenoxy) is 2. The third kappa shape index (κ3) is 5.42. The van der Waals surface area contributed by atoms with Crippen molar-refractivity contribution in [3.8, 4) is 11.5 Å². The molecule has 33 heavy (non-hydrogen) atoms. The molecule has 0 aromatic heterocycles. The van der Waals surface area contributed by atoms with Gasteiger partial charge in [0.25, 0.3) is 5.91 Å². The number of carboxylic acid groups (broad SMARTS) is 1. The van der Waals surface area contributed by atoms with Crippen LogP contribution in [0.25, 0.3) is 6.08 Å². The van der Waals surface area contributed by atoms with E-state index in [1.165, 1.54) is 23.9 Å². The monoisotopic (exact) mass is 460 g/mol. The van der Waals surface area contributed by atoms with Gasteiger partial charge in [0.15, 0.2) is 16.7 Å². The molecule has 1 saturated heterocycles. The lowest BCUT2D eigenvalue weighted by molar-refractivity contribution is -0.115. The molecule has 0 radical (unpaired) electrons. The molecule has 1 aliphatic heterocycles. The summed E-state index contributed by atoms with van der Waals surface area (Å²) in [5.74, 6) is -0.221. The van der Waals surface area contributed by atoms with Crippen molar-refractivity contribution in [3.63, 3.8) is 0 Å². The molecule has 1 amide bonds. The molecule has 1 fully saturated rings. The molecule has 0 saturated carbocycles. The first-order chi connectivity index (χ1) is 16.0. The maximum Gasteiger partial charge on any atom is 0.335 e. The van der Waals surface area contributed by atoms with Gasteiger partial charge in [0.2, 0.25) is 0 Å². The second kappa shape index (κ2) is 10.1. The first kappa shape index (κ1) is 22.2. The molecule has 3 aromatic carbocycles. The van der Waals surface area contributed by atoms with Crippen LogP contribution >= 0.6 is 11.8 Å². The molecule has 0 unspecified atom stereocenters. The number of carbonyl (C=O) groups is 2. The van der Waals surface area contributed by atoms with Crippen molar-refractivity contribution in [2.45, 2.75) is 6.61 Å². The van der Waals surface area contributed by atoms with E-state index in [9.17, 15) is 9.59 Å². The first-order valence-electron chi connectivity index (χ1n) is 10.00. The number of nitrogens with zero attached hydrogens (tertiary/aromatic N) is 1. The van der Waals surface area contributed by atoms with E-state index in [1.807, 2.05) is 42.5 Å². The lowest BCUT2D eigenvalue weighted by Crippen LogP contribution is -2.19. The number of aliphatic imine (C=N–C) groups is 1. The van der Waals surface area contributed by atoms with Crippen LogP contribution in [-0.4, -0.2) is 29.3 Å². The molecule has 1 heterocycles. The van der Waals surface area contributed by atoms with Crippen molar-refractivity contribution in [3.05, 3.63) is 94.4 Å². The number of hydrogen-bond donors (Lipinski definition) is 2. The van der Waals surface area contributed by atoms with Gasteiger partial charge in [-0.3, -0.25) is 4.79 Å². The zero-order valence-electron chi connectivity index (χ0n) is 17.6. The smallest absolute Gasteiger partial charge is 0.335 e. The predicted molar refractivity (Wildman–Crippen MR) is 128 cm³/mol. The molecule has 1 aliphatic rings. The second-order valence-electron chi connectivity index (χ2n) is 6.99. The summed E-state index contributed by atoms with van der Waals surface area (Å²) in [6.45, 7) is 0.205. The Kier molecular flexibility index (Phi) is 6.75. The van der Waals surface area contributed by atoms with Crippen LogP contribution in [0.5, 0.6) is 11.5 Å². The van der Waals surface area contributed by atoms with Gasteiger partial charge in [-0.2, -0.15) is 0 Å². The Morgan fingerprint density at radius 2 is 1.82 bits per heavy atom. The van der Waals surface area contributed by atoms with Gasteiger partial charge in [-0.05, 0) is 53.7 Å². The summed E-state index contributed by atoms with van der Waals surface area (Å²) >= 11 is 1.25. The van der Waals surface area contributed by atoms with Crippen molar-refractivity contribution in [2.24, 2.45) is 4.99 Å². The third-order valence-corrected chi connectivity index (χ3v) is 5.65. The number of amides is 1. The number of hydrogen-bond acceptors (Lipinski definition) is 6. The molecule has 8 heteroatoms. The molecule has 0 spiro atoms. The summed E-state index contributed by atoms with van der Waals surface area (Å²) in [7, 11) is 1.54. The lowest BCUT2D eigenvalue weighted by atomic mass is 10.1. The number of nitrogens with one attached hydrogen (secondary N) is 1. The highest BCUT2D eigenvalue weighted by Gasteiger charge is 2.24. The third-order valence-electron chi connectivity index (χ3n) is 4.74. The minimum Gasteiger partial charge on any atom is -0.493 e.